The molecule has 1 nitrogen and oxygen atoms in total. The van der Waals surface area contributed by atoms with Crippen LogP contribution in [0.1, 0.15) is 31.1 Å². The minimum atomic E-state index is -2.81. The van der Waals surface area contributed by atoms with Gasteiger partial charge in [0.1, 0.15) is 0 Å². The fraction of sp³-hybridized carbons (Fsp3) is 0.400. The molecule has 0 amide bonds. The van der Waals surface area contributed by atoms with E-state index in [1.165, 1.54) is 24.3 Å². The number of hydrogen-bond acceptors (Lipinski definition) is 1. The summed E-state index contributed by atoms with van der Waals surface area (Å²) in [6, 6.07) is 5.69. The Morgan fingerprint density at radius 3 is 2.00 bits per heavy atom. The Kier molecular flexibility index (Phi) is 2.66. The van der Waals surface area contributed by atoms with Crippen molar-refractivity contribution >= 4 is 0 Å². The van der Waals surface area contributed by atoms with Crippen molar-refractivity contribution in [3.8, 4) is 0 Å². The van der Waals surface area contributed by atoms with E-state index in [9.17, 15) is 8.78 Å². The fourth-order valence-corrected chi connectivity index (χ4v) is 1.05. The summed E-state index contributed by atoms with van der Waals surface area (Å²) in [6.45, 7) is 2.45. The summed E-state index contributed by atoms with van der Waals surface area (Å²) in [5.41, 5.74) is 0.616. The molecule has 13 heavy (non-hydrogen) atoms. The minimum absolute atomic E-state index is 0.0306. The second-order valence-electron chi connectivity index (χ2n) is 3.19. The molecule has 0 heterocycles. The van der Waals surface area contributed by atoms with Crippen LogP contribution < -0.4 is 0 Å². The Labute approximate surface area is 76.0 Å². The van der Waals surface area contributed by atoms with Crippen molar-refractivity contribution in [2.45, 2.75) is 25.9 Å². The highest BCUT2D eigenvalue weighted by atomic mass is 19.3. The van der Waals surface area contributed by atoms with Crippen LogP contribution in [-0.2, 0) is 5.92 Å². The van der Waals surface area contributed by atoms with Gasteiger partial charge in [-0.1, -0.05) is 24.3 Å². The molecule has 0 spiro atoms. The Hall–Kier alpha value is -0.960. The zero-order chi connectivity index (χ0) is 10.1. The maximum Gasteiger partial charge on any atom is 0.270 e. The molecule has 3 heteroatoms. The number of rotatable bonds is 2. The molecule has 0 radical (unpaired) electrons. The molecule has 0 fully saturated rings. The molecular weight excluding hydrogens is 174 g/mol. The van der Waals surface area contributed by atoms with Gasteiger partial charge in [-0.15, -0.1) is 0 Å². The van der Waals surface area contributed by atoms with E-state index >= 15 is 0 Å². The van der Waals surface area contributed by atoms with Crippen LogP contribution in [0.5, 0.6) is 0 Å². The zero-order valence-electron chi connectivity index (χ0n) is 7.59. The van der Waals surface area contributed by atoms with E-state index in [4.69, 9.17) is 5.11 Å². The average Bonchev–Trinajstić information content (AvgIpc) is 2.03. The summed E-state index contributed by atoms with van der Waals surface area (Å²) < 4.78 is 25.4. The number of hydrogen-bond donors (Lipinski definition) is 1. The lowest BCUT2D eigenvalue weighted by Gasteiger charge is -2.11. The maximum atomic E-state index is 12.7. The standard InChI is InChI=1S/C10H12F2O/c1-7(13)8-3-5-9(6-4-8)10(2,11)12/h3-7,13H,1-2H3. The van der Waals surface area contributed by atoms with E-state index in [0.717, 1.165) is 6.92 Å². The number of halogens is 2. The van der Waals surface area contributed by atoms with Crippen LogP contribution >= 0.6 is 0 Å². The predicted octanol–water partition coefficient (Wildman–Crippen LogP) is 2.85. The summed E-state index contributed by atoms with van der Waals surface area (Å²) in [5, 5.41) is 9.13. The SMILES string of the molecule is CC(O)c1ccc(C(C)(F)F)cc1. The third kappa shape index (κ3) is 2.49. The molecule has 1 rings (SSSR count). The Balaban J connectivity index is 2.94. The highest BCUT2D eigenvalue weighted by Crippen LogP contribution is 2.27. The molecular formula is C10H12F2O. The maximum absolute atomic E-state index is 12.7. The molecule has 72 valence electrons. The minimum Gasteiger partial charge on any atom is -0.389 e. The molecule has 1 aromatic rings. The van der Waals surface area contributed by atoms with Gasteiger partial charge in [-0.3, -0.25) is 0 Å². The molecule has 0 aliphatic heterocycles. The first-order chi connectivity index (χ1) is 5.91. The first kappa shape index (κ1) is 10.1. The van der Waals surface area contributed by atoms with Crippen molar-refractivity contribution in [3.63, 3.8) is 0 Å². The monoisotopic (exact) mass is 186 g/mol. The van der Waals surface area contributed by atoms with E-state index in [1.807, 2.05) is 0 Å². The van der Waals surface area contributed by atoms with Crippen LogP contribution in [0.4, 0.5) is 8.78 Å². The Morgan fingerprint density at radius 2 is 1.69 bits per heavy atom. The van der Waals surface area contributed by atoms with E-state index < -0.39 is 12.0 Å². The van der Waals surface area contributed by atoms with Gasteiger partial charge >= 0.3 is 0 Å². The van der Waals surface area contributed by atoms with Gasteiger partial charge in [-0.25, -0.2) is 8.78 Å². The smallest absolute Gasteiger partial charge is 0.270 e. The first-order valence-corrected chi connectivity index (χ1v) is 4.07. The molecule has 0 bridgehead atoms. The lowest BCUT2D eigenvalue weighted by molar-refractivity contribution is 0.0174. The van der Waals surface area contributed by atoms with E-state index in [1.54, 1.807) is 6.92 Å². The number of aliphatic hydroxyl groups is 1. The summed E-state index contributed by atoms with van der Waals surface area (Å²) >= 11 is 0. The van der Waals surface area contributed by atoms with Gasteiger partial charge in [0.05, 0.1) is 6.10 Å². The van der Waals surface area contributed by atoms with Gasteiger partial charge in [0, 0.05) is 12.5 Å². The lowest BCUT2D eigenvalue weighted by atomic mass is 10.1. The zero-order valence-corrected chi connectivity index (χ0v) is 7.59. The third-order valence-electron chi connectivity index (χ3n) is 1.90. The third-order valence-corrected chi connectivity index (χ3v) is 1.90. The van der Waals surface area contributed by atoms with Crippen LogP contribution in [0, 0.1) is 0 Å². The molecule has 0 aromatic heterocycles. The molecule has 1 unspecified atom stereocenters. The van der Waals surface area contributed by atoms with Crippen LogP contribution in [0.15, 0.2) is 24.3 Å². The van der Waals surface area contributed by atoms with E-state index in [0.29, 0.717) is 5.56 Å². The number of benzene rings is 1. The molecule has 0 aliphatic carbocycles. The van der Waals surface area contributed by atoms with E-state index in [-0.39, 0.29) is 5.56 Å². The molecule has 1 atom stereocenters. The number of aliphatic hydroxyl groups excluding tert-OH is 1. The largest absolute Gasteiger partial charge is 0.389 e. The number of alkyl halides is 2. The first-order valence-electron chi connectivity index (χ1n) is 4.07. The second-order valence-corrected chi connectivity index (χ2v) is 3.19. The van der Waals surface area contributed by atoms with Crippen molar-refractivity contribution in [1.82, 2.24) is 0 Å². The van der Waals surface area contributed by atoms with Crippen LogP contribution in [0.3, 0.4) is 0 Å². The average molecular weight is 186 g/mol. The topological polar surface area (TPSA) is 20.2 Å². The predicted molar refractivity (Wildman–Crippen MR) is 46.6 cm³/mol. The molecule has 0 aliphatic rings. The lowest BCUT2D eigenvalue weighted by Crippen LogP contribution is -2.06. The molecule has 1 aromatic carbocycles. The van der Waals surface area contributed by atoms with Gasteiger partial charge in [-0.05, 0) is 12.5 Å². The quantitative estimate of drug-likeness (QED) is 0.753. The summed E-state index contributed by atoms with van der Waals surface area (Å²) in [5.74, 6) is -2.81. The molecule has 1 N–H and O–H groups in total. The van der Waals surface area contributed by atoms with Gasteiger partial charge < -0.3 is 5.11 Å². The van der Waals surface area contributed by atoms with Gasteiger partial charge in [0.2, 0.25) is 0 Å². The van der Waals surface area contributed by atoms with Crippen LogP contribution in [0.2, 0.25) is 0 Å². The Bertz CT molecular complexity index is 272. The van der Waals surface area contributed by atoms with Gasteiger partial charge in [0.15, 0.2) is 0 Å². The van der Waals surface area contributed by atoms with Gasteiger partial charge in [0.25, 0.3) is 5.92 Å². The highest BCUT2D eigenvalue weighted by molar-refractivity contribution is 5.26. The fourth-order valence-electron chi connectivity index (χ4n) is 1.05. The van der Waals surface area contributed by atoms with Crippen LogP contribution in [-0.4, -0.2) is 5.11 Å². The van der Waals surface area contributed by atoms with Crippen molar-refractivity contribution in [2.24, 2.45) is 0 Å². The van der Waals surface area contributed by atoms with Gasteiger partial charge in [-0.2, -0.15) is 0 Å². The normalized spacial score (nSPS) is 14.2. The van der Waals surface area contributed by atoms with Crippen molar-refractivity contribution in [2.75, 3.05) is 0 Å². The van der Waals surface area contributed by atoms with E-state index in [2.05, 4.69) is 0 Å². The van der Waals surface area contributed by atoms with Crippen LogP contribution in [0.25, 0.3) is 0 Å². The molecule has 0 saturated carbocycles. The van der Waals surface area contributed by atoms with Crippen molar-refractivity contribution in [3.05, 3.63) is 35.4 Å². The highest BCUT2D eigenvalue weighted by Gasteiger charge is 2.23. The van der Waals surface area contributed by atoms with Crippen molar-refractivity contribution in [1.29, 1.82) is 0 Å². The summed E-state index contributed by atoms with van der Waals surface area (Å²) in [7, 11) is 0. The Morgan fingerprint density at radius 1 is 1.23 bits per heavy atom. The summed E-state index contributed by atoms with van der Waals surface area (Å²) in [4.78, 5) is 0. The van der Waals surface area contributed by atoms with Crippen molar-refractivity contribution < 1.29 is 13.9 Å². The molecule has 0 saturated heterocycles. The summed E-state index contributed by atoms with van der Waals surface area (Å²) in [6.07, 6.45) is -0.612. The second kappa shape index (κ2) is 3.42.